The lowest BCUT2D eigenvalue weighted by atomic mass is 10.1. The van der Waals surface area contributed by atoms with Crippen molar-refractivity contribution in [3.05, 3.63) is 52.9 Å². The molecule has 0 aliphatic carbocycles. The molecule has 1 aliphatic heterocycles. The van der Waals surface area contributed by atoms with Gasteiger partial charge in [0.25, 0.3) is 10.0 Å². The van der Waals surface area contributed by atoms with Gasteiger partial charge in [0.1, 0.15) is 4.21 Å². The summed E-state index contributed by atoms with van der Waals surface area (Å²) < 4.78 is 33.6. The molecule has 1 aromatic carbocycles. The summed E-state index contributed by atoms with van der Waals surface area (Å²) in [6.07, 6.45) is -0.215. The molecule has 2 heterocycles. The van der Waals surface area contributed by atoms with Crippen LogP contribution in [0.3, 0.4) is 0 Å². The summed E-state index contributed by atoms with van der Waals surface area (Å²) in [5, 5.41) is 0. The Morgan fingerprint density at radius 3 is 2.55 bits per heavy atom. The Bertz CT molecular complexity index is 740. The number of hydrogen-bond donors (Lipinski definition) is 0. The van der Waals surface area contributed by atoms with Crippen LogP contribution in [0, 0.1) is 6.92 Å². The van der Waals surface area contributed by atoms with Crippen LogP contribution in [-0.4, -0.2) is 31.9 Å². The fourth-order valence-corrected chi connectivity index (χ4v) is 5.64. The SMILES string of the molecule is Cc1ccc(S(=O)(=O)N2CC(c3ccccc3)OCC2C)s1. The van der Waals surface area contributed by atoms with Gasteiger partial charge in [0.05, 0.1) is 12.7 Å². The molecule has 0 N–H and O–H groups in total. The summed E-state index contributed by atoms with van der Waals surface area (Å²) in [6.45, 7) is 4.56. The fraction of sp³-hybridized carbons (Fsp3) is 0.375. The minimum atomic E-state index is -3.46. The van der Waals surface area contributed by atoms with E-state index >= 15 is 0 Å². The lowest BCUT2D eigenvalue weighted by molar-refractivity contribution is -0.0287. The highest BCUT2D eigenvalue weighted by Gasteiger charge is 2.36. The maximum Gasteiger partial charge on any atom is 0.252 e. The van der Waals surface area contributed by atoms with Crippen molar-refractivity contribution < 1.29 is 13.2 Å². The highest BCUT2D eigenvalue weighted by molar-refractivity contribution is 7.91. The van der Waals surface area contributed by atoms with Gasteiger partial charge in [-0.2, -0.15) is 4.31 Å². The highest BCUT2D eigenvalue weighted by atomic mass is 32.2. The van der Waals surface area contributed by atoms with Crippen molar-refractivity contribution in [1.82, 2.24) is 4.31 Å². The second-order valence-electron chi connectivity index (χ2n) is 5.52. The Hall–Kier alpha value is -1.21. The minimum Gasteiger partial charge on any atom is -0.370 e. The van der Waals surface area contributed by atoms with Gasteiger partial charge in [-0.05, 0) is 31.5 Å². The van der Waals surface area contributed by atoms with Crippen molar-refractivity contribution in [3.8, 4) is 0 Å². The number of aryl methyl sites for hydroxylation is 1. The average Bonchev–Trinajstić information content (AvgIpc) is 2.96. The van der Waals surface area contributed by atoms with Crippen LogP contribution in [0.15, 0.2) is 46.7 Å². The Morgan fingerprint density at radius 2 is 1.91 bits per heavy atom. The number of hydrogen-bond acceptors (Lipinski definition) is 4. The van der Waals surface area contributed by atoms with Gasteiger partial charge in [0.2, 0.25) is 0 Å². The van der Waals surface area contributed by atoms with E-state index in [1.54, 1.807) is 10.4 Å². The van der Waals surface area contributed by atoms with E-state index in [2.05, 4.69) is 0 Å². The van der Waals surface area contributed by atoms with Crippen LogP contribution in [0.4, 0.5) is 0 Å². The average molecular weight is 337 g/mol. The zero-order chi connectivity index (χ0) is 15.7. The molecule has 1 aromatic heterocycles. The van der Waals surface area contributed by atoms with Crippen molar-refractivity contribution in [3.63, 3.8) is 0 Å². The van der Waals surface area contributed by atoms with Crippen LogP contribution in [-0.2, 0) is 14.8 Å². The van der Waals surface area contributed by atoms with Gasteiger partial charge in [-0.1, -0.05) is 30.3 Å². The molecule has 6 heteroatoms. The molecule has 1 aliphatic rings. The topological polar surface area (TPSA) is 46.6 Å². The molecule has 3 rings (SSSR count). The maximum atomic E-state index is 12.9. The van der Waals surface area contributed by atoms with Crippen LogP contribution >= 0.6 is 11.3 Å². The Kier molecular flexibility index (Phi) is 4.36. The first-order chi connectivity index (χ1) is 10.5. The number of ether oxygens (including phenoxy) is 1. The van der Waals surface area contributed by atoms with E-state index in [9.17, 15) is 8.42 Å². The third-order valence-electron chi connectivity index (χ3n) is 3.83. The molecular formula is C16H19NO3S2. The molecule has 1 fully saturated rings. The largest absolute Gasteiger partial charge is 0.370 e. The zero-order valence-electron chi connectivity index (χ0n) is 12.6. The highest BCUT2D eigenvalue weighted by Crippen LogP contribution is 2.31. The molecule has 2 atom stereocenters. The van der Waals surface area contributed by atoms with Crippen LogP contribution in [0.2, 0.25) is 0 Å². The van der Waals surface area contributed by atoms with Crippen LogP contribution < -0.4 is 0 Å². The Morgan fingerprint density at radius 1 is 1.18 bits per heavy atom. The van der Waals surface area contributed by atoms with Gasteiger partial charge in [0, 0.05) is 17.5 Å². The van der Waals surface area contributed by atoms with Crippen LogP contribution in [0.1, 0.15) is 23.5 Å². The lowest BCUT2D eigenvalue weighted by Crippen LogP contribution is -2.47. The summed E-state index contributed by atoms with van der Waals surface area (Å²) in [4.78, 5) is 0.999. The van der Waals surface area contributed by atoms with Gasteiger partial charge >= 0.3 is 0 Å². The first-order valence-corrected chi connectivity index (χ1v) is 9.49. The van der Waals surface area contributed by atoms with Crippen LogP contribution in [0.5, 0.6) is 0 Å². The molecule has 2 aromatic rings. The monoisotopic (exact) mass is 337 g/mol. The van der Waals surface area contributed by atoms with E-state index in [1.165, 1.54) is 11.3 Å². The number of sulfonamides is 1. The molecule has 0 amide bonds. The van der Waals surface area contributed by atoms with Gasteiger partial charge in [-0.25, -0.2) is 8.42 Å². The summed E-state index contributed by atoms with van der Waals surface area (Å²) in [5.74, 6) is 0. The zero-order valence-corrected chi connectivity index (χ0v) is 14.2. The first kappa shape index (κ1) is 15.7. The second-order valence-corrected chi connectivity index (χ2v) is 8.93. The predicted molar refractivity (Wildman–Crippen MR) is 87.5 cm³/mol. The minimum absolute atomic E-state index is 0.160. The molecular weight excluding hydrogens is 318 g/mol. The van der Waals surface area contributed by atoms with Crippen molar-refractivity contribution in [2.45, 2.75) is 30.2 Å². The third kappa shape index (κ3) is 2.96. The first-order valence-electron chi connectivity index (χ1n) is 7.23. The summed E-state index contributed by atoms with van der Waals surface area (Å²) in [6, 6.07) is 13.1. The summed E-state index contributed by atoms with van der Waals surface area (Å²) in [5.41, 5.74) is 1.01. The van der Waals surface area contributed by atoms with Crippen LogP contribution in [0.25, 0.3) is 0 Å². The fourth-order valence-electron chi connectivity index (χ4n) is 2.61. The van der Waals surface area contributed by atoms with Gasteiger partial charge in [-0.3, -0.25) is 0 Å². The molecule has 0 spiro atoms. The number of morpholine rings is 1. The van der Waals surface area contributed by atoms with Crippen molar-refractivity contribution in [2.75, 3.05) is 13.2 Å². The molecule has 4 nitrogen and oxygen atoms in total. The normalized spacial score (nSPS) is 23.5. The van der Waals surface area contributed by atoms with E-state index in [1.807, 2.05) is 50.2 Å². The molecule has 22 heavy (non-hydrogen) atoms. The van der Waals surface area contributed by atoms with Crippen molar-refractivity contribution in [1.29, 1.82) is 0 Å². The van der Waals surface area contributed by atoms with E-state index in [4.69, 9.17) is 4.74 Å². The summed E-state index contributed by atoms with van der Waals surface area (Å²) in [7, 11) is -3.46. The Labute approximate surface area is 135 Å². The van der Waals surface area contributed by atoms with E-state index in [-0.39, 0.29) is 12.1 Å². The maximum absolute atomic E-state index is 12.9. The van der Waals surface area contributed by atoms with Crippen molar-refractivity contribution >= 4 is 21.4 Å². The number of benzene rings is 1. The van der Waals surface area contributed by atoms with E-state index < -0.39 is 10.0 Å². The standard InChI is InChI=1S/C16H19NO3S2/c1-12-11-20-15(14-6-4-3-5-7-14)10-17(12)22(18,19)16-9-8-13(2)21-16/h3-9,12,15H,10-11H2,1-2H3. The molecule has 2 unspecified atom stereocenters. The molecule has 1 saturated heterocycles. The number of nitrogens with zero attached hydrogens (tertiary/aromatic N) is 1. The van der Waals surface area contributed by atoms with E-state index in [0.717, 1.165) is 10.4 Å². The Balaban J connectivity index is 1.89. The molecule has 0 radical (unpaired) electrons. The number of thiophene rings is 1. The third-order valence-corrected chi connectivity index (χ3v) is 7.27. The predicted octanol–water partition coefficient (Wildman–Crippen LogP) is 3.21. The van der Waals surface area contributed by atoms with Gasteiger partial charge < -0.3 is 4.74 Å². The van der Waals surface area contributed by atoms with Gasteiger partial charge in [0.15, 0.2) is 0 Å². The molecule has 118 valence electrons. The number of rotatable bonds is 3. The van der Waals surface area contributed by atoms with Gasteiger partial charge in [-0.15, -0.1) is 11.3 Å². The summed E-state index contributed by atoms with van der Waals surface area (Å²) >= 11 is 1.32. The second kappa shape index (κ2) is 6.12. The lowest BCUT2D eigenvalue weighted by Gasteiger charge is -2.36. The smallest absolute Gasteiger partial charge is 0.252 e. The quantitative estimate of drug-likeness (QED) is 0.864. The molecule has 0 bridgehead atoms. The van der Waals surface area contributed by atoms with E-state index in [0.29, 0.717) is 17.4 Å². The van der Waals surface area contributed by atoms with Crippen molar-refractivity contribution in [2.24, 2.45) is 0 Å². The molecule has 0 saturated carbocycles.